The van der Waals surface area contributed by atoms with Gasteiger partial charge in [0.25, 0.3) is 0 Å². The van der Waals surface area contributed by atoms with Gasteiger partial charge in [0.05, 0.1) is 34.5 Å². The fourth-order valence-electron chi connectivity index (χ4n) is 3.78. The van der Waals surface area contributed by atoms with E-state index in [1.165, 1.54) is 0 Å². The van der Waals surface area contributed by atoms with Crippen molar-refractivity contribution in [3.8, 4) is 22.6 Å². The SMILES string of the molecule is Cc1c(C(=O)/C=C/c2cn(-c3ccccc3)nc2-c2ccccc2)cnn1-c1ccccc1. The molecule has 3 aromatic carbocycles. The van der Waals surface area contributed by atoms with Gasteiger partial charge in [-0.1, -0.05) is 66.7 Å². The number of carbonyl (C=O) groups excluding carboxylic acids is 1. The van der Waals surface area contributed by atoms with Gasteiger partial charge in [-0.05, 0) is 43.3 Å². The predicted molar refractivity (Wildman–Crippen MR) is 131 cm³/mol. The van der Waals surface area contributed by atoms with E-state index in [9.17, 15) is 4.79 Å². The van der Waals surface area contributed by atoms with Crippen molar-refractivity contribution in [3.05, 3.63) is 126 Å². The molecular weight excluding hydrogens is 408 g/mol. The Morgan fingerprint density at radius 1 is 0.818 bits per heavy atom. The molecule has 160 valence electrons. The van der Waals surface area contributed by atoms with E-state index in [2.05, 4.69) is 5.10 Å². The molecule has 5 rings (SSSR count). The number of nitrogens with zero attached hydrogens (tertiary/aromatic N) is 4. The van der Waals surface area contributed by atoms with Crippen LogP contribution in [0.5, 0.6) is 0 Å². The molecule has 0 saturated carbocycles. The van der Waals surface area contributed by atoms with Crippen LogP contribution >= 0.6 is 0 Å². The summed E-state index contributed by atoms with van der Waals surface area (Å²) in [7, 11) is 0. The van der Waals surface area contributed by atoms with E-state index >= 15 is 0 Å². The molecule has 2 aromatic heterocycles. The molecule has 33 heavy (non-hydrogen) atoms. The first kappa shape index (κ1) is 20.4. The summed E-state index contributed by atoms with van der Waals surface area (Å²) in [5.74, 6) is -0.0962. The summed E-state index contributed by atoms with van der Waals surface area (Å²) in [6.07, 6.45) is 7.00. The van der Waals surface area contributed by atoms with Crippen LogP contribution in [0.1, 0.15) is 21.6 Å². The van der Waals surface area contributed by atoms with Crippen LogP contribution in [0, 0.1) is 6.92 Å². The van der Waals surface area contributed by atoms with Crippen molar-refractivity contribution in [2.24, 2.45) is 0 Å². The number of para-hydroxylation sites is 2. The minimum atomic E-state index is -0.0962. The molecular formula is C28H22N4O. The third-order valence-corrected chi connectivity index (χ3v) is 5.50. The number of hydrogen-bond donors (Lipinski definition) is 0. The maximum atomic E-state index is 13.0. The van der Waals surface area contributed by atoms with Gasteiger partial charge in [-0.2, -0.15) is 10.2 Å². The van der Waals surface area contributed by atoms with Crippen molar-refractivity contribution in [3.63, 3.8) is 0 Å². The molecule has 0 amide bonds. The Hall–Kier alpha value is -4.51. The Kier molecular flexibility index (Phi) is 5.52. The smallest absolute Gasteiger partial charge is 0.189 e. The van der Waals surface area contributed by atoms with Crippen LogP contribution in [-0.2, 0) is 0 Å². The third kappa shape index (κ3) is 4.16. The van der Waals surface area contributed by atoms with Crippen molar-refractivity contribution in [1.82, 2.24) is 19.6 Å². The first-order chi connectivity index (χ1) is 16.2. The highest BCUT2D eigenvalue weighted by Gasteiger charge is 2.14. The zero-order valence-electron chi connectivity index (χ0n) is 18.2. The molecule has 5 heteroatoms. The number of benzene rings is 3. The largest absolute Gasteiger partial charge is 0.289 e. The molecule has 0 aliphatic heterocycles. The van der Waals surface area contributed by atoms with Gasteiger partial charge in [-0.25, -0.2) is 9.36 Å². The zero-order valence-corrected chi connectivity index (χ0v) is 18.2. The molecule has 5 nitrogen and oxygen atoms in total. The first-order valence-electron chi connectivity index (χ1n) is 10.7. The molecule has 0 saturated heterocycles. The van der Waals surface area contributed by atoms with Crippen molar-refractivity contribution in [2.75, 3.05) is 0 Å². The van der Waals surface area contributed by atoms with Crippen LogP contribution < -0.4 is 0 Å². The van der Waals surface area contributed by atoms with E-state index in [-0.39, 0.29) is 5.78 Å². The summed E-state index contributed by atoms with van der Waals surface area (Å²) in [5.41, 5.74) is 5.94. The Morgan fingerprint density at radius 3 is 2.09 bits per heavy atom. The number of ketones is 1. The summed E-state index contributed by atoms with van der Waals surface area (Å²) in [6.45, 7) is 1.91. The topological polar surface area (TPSA) is 52.7 Å². The molecule has 0 N–H and O–H groups in total. The summed E-state index contributed by atoms with van der Waals surface area (Å²) >= 11 is 0. The van der Waals surface area contributed by atoms with Crippen LogP contribution in [-0.4, -0.2) is 25.3 Å². The molecule has 0 unspecified atom stereocenters. The van der Waals surface area contributed by atoms with Gasteiger partial charge < -0.3 is 0 Å². The fourth-order valence-corrected chi connectivity index (χ4v) is 3.78. The van der Waals surface area contributed by atoms with E-state index in [1.54, 1.807) is 17.0 Å². The second-order valence-electron chi connectivity index (χ2n) is 7.67. The molecule has 0 spiro atoms. The lowest BCUT2D eigenvalue weighted by molar-refractivity contribution is 0.104. The van der Waals surface area contributed by atoms with Crippen molar-refractivity contribution in [2.45, 2.75) is 6.92 Å². The molecule has 0 bridgehead atoms. The molecule has 5 aromatic rings. The Bertz CT molecular complexity index is 1420. The van der Waals surface area contributed by atoms with Gasteiger partial charge >= 0.3 is 0 Å². The molecule has 2 heterocycles. The van der Waals surface area contributed by atoms with E-state index in [0.29, 0.717) is 5.56 Å². The summed E-state index contributed by atoms with van der Waals surface area (Å²) in [6, 6.07) is 29.7. The second-order valence-corrected chi connectivity index (χ2v) is 7.67. The normalized spacial score (nSPS) is 11.2. The lowest BCUT2D eigenvalue weighted by Crippen LogP contribution is -2.01. The zero-order chi connectivity index (χ0) is 22.6. The summed E-state index contributed by atoms with van der Waals surface area (Å²) in [5, 5.41) is 9.22. The quantitative estimate of drug-likeness (QED) is 0.248. The highest BCUT2D eigenvalue weighted by Crippen LogP contribution is 2.25. The van der Waals surface area contributed by atoms with E-state index in [1.807, 2.05) is 115 Å². The molecule has 0 aliphatic carbocycles. The number of aromatic nitrogens is 4. The van der Waals surface area contributed by atoms with Crippen LogP contribution in [0.25, 0.3) is 28.7 Å². The van der Waals surface area contributed by atoms with Crippen molar-refractivity contribution >= 4 is 11.9 Å². The first-order valence-corrected chi connectivity index (χ1v) is 10.7. The number of rotatable bonds is 6. The van der Waals surface area contributed by atoms with Gasteiger partial charge in [0.15, 0.2) is 5.78 Å². The lowest BCUT2D eigenvalue weighted by atomic mass is 10.1. The maximum Gasteiger partial charge on any atom is 0.189 e. The Morgan fingerprint density at radius 2 is 1.42 bits per heavy atom. The van der Waals surface area contributed by atoms with Crippen LogP contribution in [0.2, 0.25) is 0 Å². The highest BCUT2D eigenvalue weighted by molar-refractivity contribution is 6.07. The summed E-state index contributed by atoms with van der Waals surface area (Å²) in [4.78, 5) is 13.0. The van der Waals surface area contributed by atoms with E-state index in [0.717, 1.165) is 33.9 Å². The van der Waals surface area contributed by atoms with Gasteiger partial charge in [0.2, 0.25) is 0 Å². The monoisotopic (exact) mass is 430 g/mol. The maximum absolute atomic E-state index is 13.0. The fraction of sp³-hybridized carbons (Fsp3) is 0.0357. The van der Waals surface area contributed by atoms with Crippen molar-refractivity contribution < 1.29 is 4.79 Å². The minimum Gasteiger partial charge on any atom is -0.289 e. The van der Waals surface area contributed by atoms with Crippen LogP contribution in [0.4, 0.5) is 0 Å². The summed E-state index contributed by atoms with van der Waals surface area (Å²) < 4.78 is 3.62. The molecule has 0 fully saturated rings. The molecule has 0 radical (unpaired) electrons. The average molecular weight is 431 g/mol. The Balaban J connectivity index is 1.49. The number of carbonyl (C=O) groups is 1. The van der Waals surface area contributed by atoms with E-state index < -0.39 is 0 Å². The lowest BCUT2D eigenvalue weighted by Gasteiger charge is -2.04. The van der Waals surface area contributed by atoms with Gasteiger partial charge in [0.1, 0.15) is 0 Å². The average Bonchev–Trinajstić information content (AvgIpc) is 3.48. The van der Waals surface area contributed by atoms with Crippen LogP contribution in [0.3, 0.4) is 0 Å². The Labute approximate surface area is 192 Å². The third-order valence-electron chi connectivity index (χ3n) is 5.50. The molecule has 0 atom stereocenters. The standard InChI is InChI=1S/C28H22N4O/c1-21-26(19-29-32(21)25-15-9-4-10-16-25)27(33)18-17-23-20-31(24-13-7-3-8-14-24)30-28(23)22-11-5-2-6-12-22/h2-20H,1H3/b18-17+. The second kappa shape index (κ2) is 8.93. The minimum absolute atomic E-state index is 0.0962. The van der Waals surface area contributed by atoms with Gasteiger partial charge in [0, 0.05) is 17.3 Å². The predicted octanol–water partition coefficient (Wildman–Crippen LogP) is 5.93. The van der Waals surface area contributed by atoms with Crippen LogP contribution in [0.15, 0.2) is 109 Å². The van der Waals surface area contributed by atoms with Gasteiger partial charge in [-0.15, -0.1) is 0 Å². The number of hydrogen-bond acceptors (Lipinski definition) is 3. The number of allylic oxidation sites excluding steroid dienone is 1. The highest BCUT2D eigenvalue weighted by atomic mass is 16.1. The van der Waals surface area contributed by atoms with Crippen molar-refractivity contribution in [1.29, 1.82) is 0 Å². The molecule has 0 aliphatic rings. The van der Waals surface area contributed by atoms with Gasteiger partial charge in [-0.3, -0.25) is 4.79 Å². The van der Waals surface area contributed by atoms with E-state index in [4.69, 9.17) is 5.10 Å².